The van der Waals surface area contributed by atoms with Crippen LogP contribution in [0.15, 0.2) is 18.6 Å². The van der Waals surface area contributed by atoms with Gasteiger partial charge in [0.05, 0.1) is 12.6 Å². The minimum absolute atomic E-state index is 0.0237. The highest BCUT2D eigenvalue weighted by Crippen LogP contribution is 2.40. The van der Waals surface area contributed by atoms with Gasteiger partial charge in [-0.2, -0.15) is 0 Å². The summed E-state index contributed by atoms with van der Waals surface area (Å²) in [6.45, 7) is 2.50. The Morgan fingerprint density at radius 3 is 3.05 bits per heavy atom. The number of hydrogen-bond acceptors (Lipinski definition) is 4. The van der Waals surface area contributed by atoms with Gasteiger partial charge in [0.2, 0.25) is 0 Å². The quantitative estimate of drug-likeness (QED) is 0.867. The van der Waals surface area contributed by atoms with Crippen LogP contribution in [0.25, 0.3) is 0 Å². The Morgan fingerprint density at radius 2 is 2.36 bits per heavy atom. The molecule has 7 heteroatoms. The van der Waals surface area contributed by atoms with Crippen molar-refractivity contribution in [3.05, 3.63) is 35.9 Å². The zero-order chi connectivity index (χ0) is 15.1. The molecule has 1 atom stereocenters. The number of amides is 1. The number of aryl methyl sites for hydroxylation is 1. The minimum atomic E-state index is -0.109. The monoisotopic (exact) mass is 300 g/mol. The largest absolute Gasteiger partial charge is 0.340 e. The van der Waals surface area contributed by atoms with Crippen LogP contribution in [0.4, 0.5) is 0 Å². The third kappa shape index (κ3) is 2.41. The summed E-state index contributed by atoms with van der Waals surface area (Å²) in [5, 5.41) is 6.39. The van der Waals surface area contributed by atoms with Gasteiger partial charge < -0.3 is 19.8 Å². The van der Waals surface area contributed by atoms with Crippen molar-refractivity contribution in [2.75, 3.05) is 6.54 Å². The maximum Gasteiger partial charge on any atom is 0.272 e. The van der Waals surface area contributed by atoms with Gasteiger partial charge in [-0.15, -0.1) is 0 Å². The molecule has 0 spiro atoms. The Kier molecular flexibility index (Phi) is 3.22. The molecule has 4 rings (SSSR count). The second kappa shape index (κ2) is 5.24. The molecular weight excluding hydrogens is 280 g/mol. The van der Waals surface area contributed by atoms with E-state index in [9.17, 15) is 4.79 Å². The standard InChI is InChI=1S/C15H20N6O/c1-20-6-5-17-14(20)13(10-2-3-10)19-15(22)11-9-21-7-4-16-8-12(21)18-11/h5-6,9-10,13,16H,2-4,7-8H2,1H3,(H,19,22)/t13-/m1/s1. The lowest BCUT2D eigenvalue weighted by atomic mass is 10.1. The van der Waals surface area contributed by atoms with Crippen molar-refractivity contribution in [3.8, 4) is 0 Å². The number of carbonyl (C=O) groups excluding carboxylic acids is 1. The molecule has 0 aromatic carbocycles. The molecule has 116 valence electrons. The Hall–Kier alpha value is -2.15. The highest BCUT2D eigenvalue weighted by Gasteiger charge is 2.36. The summed E-state index contributed by atoms with van der Waals surface area (Å²) >= 11 is 0. The molecule has 1 aliphatic carbocycles. The summed E-state index contributed by atoms with van der Waals surface area (Å²) in [6.07, 6.45) is 7.83. The third-order valence-corrected chi connectivity index (χ3v) is 4.42. The zero-order valence-electron chi connectivity index (χ0n) is 12.6. The molecule has 2 aromatic heterocycles. The molecule has 2 N–H and O–H groups in total. The smallest absolute Gasteiger partial charge is 0.272 e. The lowest BCUT2D eigenvalue weighted by molar-refractivity contribution is 0.0924. The fourth-order valence-electron chi connectivity index (χ4n) is 3.01. The van der Waals surface area contributed by atoms with Crippen LogP contribution in [0.3, 0.4) is 0 Å². The second-order valence-corrected chi connectivity index (χ2v) is 6.10. The normalized spacial score (nSPS) is 18.8. The van der Waals surface area contributed by atoms with Crippen LogP contribution in [0.2, 0.25) is 0 Å². The lowest BCUT2D eigenvalue weighted by Gasteiger charge is -2.17. The molecule has 1 aliphatic heterocycles. The number of nitrogens with zero attached hydrogens (tertiary/aromatic N) is 4. The molecule has 1 fully saturated rings. The summed E-state index contributed by atoms with van der Waals surface area (Å²) < 4.78 is 4.03. The molecule has 1 saturated carbocycles. The molecule has 2 aromatic rings. The van der Waals surface area contributed by atoms with E-state index >= 15 is 0 Å². The van der Waals surface area contributed by atoms with Gasteiger partial charge in [-0.05, 0) is 18.8 Å². The number of imidazole rings is 2. The lowest BCUT2D eigenvalue weighted by Crippen LogP contribution is -2.32. The molecule has 22 heavy (non-hydrogen) atoms. The average Bonchev–Trinajstić information content (AvgIpc) is 3.12. The second-order valence-electron chi connectivity index (χ2n) is 6.10. The van der Waals surface area contributed by atoms with E-state index in [1.165, 1.54) is 0 Å². The maximum absolute atomic E-state index is 12.6. The van der Waals surface area contributed by atoms with Crippen molar-refractivity contribution in [1.29, 1.82) is 0 Å². The molecular formula is C15H20N6O. The number of aromatic nitrogens is 4. The van der Waals surface area contributed by atoms with Crippen LogP contribution in [0.1, 0.15) is 41.0 Å². The first-order valence-corrected chi connectivity index (χ1v) is 7.77. The summed E-state index contributed by atoms with van der Waals surface area (Å²) in [7, 11) is 1.96. The Bertz CT molecular complexity index is 675. The topological polar surface area (TPSA) is 76.8 Å². The summed E-state index contributed by atoms with van der Waals surface area (Å²) in [5.74, 6) is 2.23. The van der Waals surface area contributed by atoms with Crippen LogP contribution in [-0.4, -0.2) is 31.6 Å². The van der Waals surface area contributed by atoms with E-state index in [2.05, 4.69) is 25.2 Å². The number of hydrogen-bond donors (Lipinski definition) is 2. The molecule has 0 bridgehead atoms. The summed E-state index contributed by atoms with van der Waals surface area (Å²) in [4.78, 5) is 21.4. The van der Waals surface area contributed by atoms with Gasteiger partial charge in [0.25, 0.3) is 5.91 Å². The van der Waals surface area contributed by atoms with Crippen molar-refractivity contribution in [2.45, 2.75) is 32.0 Å². The average molecular weight is 300 g/mol. The van der Waals surface area contributed by atoms with E-state index in [4.69, 9.17) is 0 Å². The number of fused-ring (bicyclic) bond motifs is 1. The first-order valence-electron chi connectivity index (χ1n) is 7.77. The van der Waals surface area contributed by atoms with Crippen LogP contribution < -0.4 is 10.6 Å². The first-order chi connectivity index (χ1) is 10.7. The Morgan fingerprint density at radius 1 is 1.50 bits per heavy atom. The van der Waals surface area contributed by atoms with Crippen molar-refractivity contribution in [1.82, 2.24) is 29.7 Å². The zero-order valence-corrected chi connectivity index (χ0v) is 12.6. The predicted molar refractivity (Wildman–Crippen MR) is 80.1 cm³/mol. The number of carbonyl (C=O) groups is 1. The summed E-state index contributed by atoms with van der Waals surface area (Å²) in [6, 6.07) is -0.0237. The molecule has 1 amide bonds. The van der Waals surface area contributed by atoms with Gasteiger partial charge in [-0.3, -0.25) is 4.79 Å². The van der Waals surface area contributed by atoms with E-state index < -0.39 is 0 Å². The van der Waals surface area contributed by atoms with E-state index in [1.54, 1.807) is 6.20 Å². The molecule has 7 nitrogen and oxygen atoms in total. The molecule has 0 radical (unpaired) electrons. The van der Waals surface area contributed by atoms with E-state index in [0.717, 1.165) is 44.1 Å². The van der Waals surface area contributed by atoms with Crippen molar-refractivity contribution in [3.63, 3.8) is 0 Å². The SMILES string of the molecule is Cn1ccnc1[C@H](NC(=O)c1cn2c(n1)CNCC2)C1CC1. The van der Waals surface area contributed by atoms with Crippen LogP contribution in [0, 0.1) is 5.92 Å². The molecule has 3 heterocycles. The van der Waals surface area contributed by atoms with Crippen molar-refractivity contribution >= 4 is 5.91 Å². The molecule has 0 saturated heterocycles. The first kappa shape index (κ1) is 13.5. The third-order valence-electron chi connectivity index (χ3n) is 4.42. The highest BCUT2D eigenvalue weighted by molar-refractivity contribution is 5.92. The minimum Gasteiger partial charge on any atom is -0.340 e. The fraction of sp³-hybridized carbons (Fsp3) is 0.533. The van der Waals surface area contributed by atoms with Gasteiger partial charge in [0.15, 0.2) is 0 Å². The van der Waals surface area contributed by atoms with Crippen molar-refractivity contribution in [2.24, 2.45) is 13.0 Å². The van der Waals surface area contributed by atoms with Gasteiger partial charge in [-0.1, -0.05) is 0 Å². The fourth-order valence-corrected chi connectivity index (χ4v) is 3.01. The Balaban J connectivity index is 1.55. The van der Waals surface area contributed by atoms with Crippen LogP contribution >= 0.6 is 0 Å². The predicted octanol–water partition coefficient (Wildman–Crippen LogP) is 0.601. The van der Waals surface area contributed by atoms with Gasteiger partial charge in [0, 0.05) is 38.7 Å². The molecule has 2 aliphatic rings. The number of rotatable bonds is 4. The van der Waals surface area contributed by atoms with Gasteiger partial charge >= 0.3 is 0 Å². The van der Waals surface area contributed by atoms with Crippen LogP contribution in [-0.2, 0) is 20.1 Å². The van der Waals surface area contributed by atoms with Gasteiger partial charge in [0.1, 0.15) is 17.3 Å². The van der Waals surface area contributed by atoms with Gasteiger partial charge in [-0.25, -0.2) is 9.97 Å². The van der Waals surface area contributed by atoms with Crippen molar-refractivity contribution < 1.29 is 4.79 Å². The Labute approximate surface area is 128 Å². The van der Waals surface area contributed by atoms with Crippen LogP contribution in [0.5, 0.6) is 0 Å². The van der Waals surface area contributed by atoms with E-state index in [-0.39, 0.29) is 11.9 Å². The summed E-state index contributed by atoms with van der Waals surface area (Å²) in [5.41, 5.74) is 0.499. The van der Waals surface area contributed by atoms with E-state index in [1.807, 2.05) is 24.0 Å². The maximum atomic E-state index is 12.6. The van der Waals surface area contributed by atoms with E-state index in [0.29, 0.717) is 11.6 Å². The number of nitrogens with one attached hydrogen (secondary N) is 2. The molecule has 0 unspecified atom stereocenters. The highest BCUT2D eigenvalue weighted by atomic mass is 16.2.